The third-order valence-electron chi connectivity index (χ3n) is 7.96. The molecule has 32 heavy (non-hydrogen) atoms. The number of fused-ring (bicyclic) bond motifs is 3. The maximum atomic E-state index is 6.77. The number of hydrogen-bond acceptors (Lipinski definition) is 6. The molecule has 8 heteroatoms. The van der Waals surface area contributed by atoms with Gasteiger partial charge in [-0.3, -0.25) is 9.58 Å². The molecule has 0 radical (unpaired) electrons. The molecule has 4 aliphatic rings. The average Bonchev–Trinajstić information content (AvgIpc) is 3.24. The summed E-state index contributed by atoms with van der Waals surface area (Å²) in [5.74, 6) is 1.79. The van der Waals surface area contributed by atoms with Crippen molar-refractivity contribution in [3.8, 4) is 0 Å². The van der Waals surface area contributed by atoms with Gasteiger partial charge in [-0.25, -0.2) is 9.97 Å². The topological polar surface area (TPSA) is 68.1 Å². The summed E-state index contributed by atoms with van der Waals surface area (Å²) < 4.78 is 7.53. The summed E-state index contributed by atoms with van der Waals surface area (Å²) in [6, 6.07) is 6.09. The maximum Gasteiger partial charge on any atom is 0.227 e. The third kappa shape index (κ3) is 3.05. The molecular formula is C24H27ClN6O. The molecule has 3 atom stereocenters. The molecule has 4 heterocycles. The molecule has 7 rings (SSSR count). The first-order valence-corrected chi connectivity index (χ1v) is 12.1. The number of aromatic nitrogens is 4. The molecule has 3 aromatic rings. The van der Waals surface area contributed by atoms with Crippen LogP contribution >= 0.6 is 11.6 Å². The molecule has 166 valence electrons. The van der Waals surface area contributed by atoms with E-state index in [0.29, 0.717) is 35.9 Å². The molecule has 1 aromatic carbocycles. The van der Waals surface area contributed by atoms with Crippen LogP contribution in [0.15, 0.2) is 24.5 Å². The Hall–Kier alpha value is -2.22. The van der Waals surface area contributed by atoms with Gasteiger partial charge in [0.15, 0.2) is 0 Å². The van der Waals surface area contributed by atoms with Gasteiger partial charge in [-0.15, -0.1) is 0 Å². The Labute approximate surface area is 192 Å². The number of benzene rings is 1. The summed E-state index contributed by atoms with van der Waals surface area (Å²) in [4.78, 5) is 12.0. The number of hydrogen-bond donors (Lipinski definition) is 1. The Morgan fingerprint density at radius 2 is 1.97 bits per heavy atom. The van der Waals surface area contributed by atoms with E-state index >= 15 is 0 Å². The van der Waals surface area contributed by atoms with Gasteiger partial charge in [-0.2, -0.15) is 5.10 Å². The molecular weight excluding hydrogens is 424 g/mol. The van der Waals surface area contributed by atoms with Crippen LogP contribution in [-0.4, -0.2) is 56.5 Å². The first kappa shape index (κ1) is 19.3. The van der Waals surface area contributed by atoms with Crippen molar-refractivity contribution in [1.29, 1.82) is 0 Å². The molecule has 7 nitrogen and oxygen atoms in total. The number of ether oxygens (including phenoxy) is 1. The normalized spacial score (nSPS) is 27.9. The van der Waals surface area contributed by atoms with E-state index in [1.165, 1.54) is 37.8 Å². The standard InChI is InChI=1S/C24H27ClN6O/c1-13-23(9-27-31(13)16-2-3-16)29-24-26-8-14-5-21(25)20(7-22(14)28-24)19-6-17-4-15(19)10-30(17)18-11-32-12-18/h5,7-9,15-19H,2-4,6,10-12H2,1H3,(H,26,28,29)/t15?,17-,19?/m1/s1. The van der Waals surface area contributed by atoms with Crippen LogP contribution in [0, 0.1) is 12.8 Å². The highest BCUT2D eigenvalue weighted by Gasteiger charge is 2.48. The van der Waals surface area contributed by atoms with Crippen molar-refractivity contribution >= 4 is 34.1 Å². The second-order valence-electron chi connectivity index (χ2n) is 9.95. The third-order valence-corrected chi connectivity index (χ3v) is 8.28. The molecule has 2 aliphatic carbocycles. The lowest BCUT2D eigenvalue weighted by Gasteiger charge is -2.41. The molecule has 4 fully saturated rings. The average molecular weight is 451 g/mol. The zero-order chi connectivity index (χ0) is 21.4. The van der Waals surface area contributed by atoms with Crippen LogP contribution in [0.1, 0.15) is 48.9 Å². The number of halogens is 1. The lowest BCUT2D eigenvalue weighted by molar-refractivity contribution is -0.0755. The van der Waals surface area contributed by atoms with Gasteiger partial charge in [0.25, 0.3) is 0 Å². The van der Waals surface area contributed by atoms with Crippen molar-refractivity contribution in [2.24, 2.45) is 5.92 Å². The van der Waals surface area contributed by atoms with Crippen molar-refractivity contribution in [3.63, 3.8) is 0 Å². The monoisotopic (exact) mass is 450 g/mol. The highest BCUT2D eigenvalue weighted by Crippen LogP contribution is 2.50. The summed E-state index contributed by atoms with van der Waals surface area (Å²) in [6.45, 7) is 5.06. The van der Waals surface area contributed by atoms with Crippen LogP contribution in [-0.2, 0) is 4.74 Å². The zero-order valence-corrected chi connectivity index (χ0v) is 18.9. The molecule has 2 saturated carbocycles. The van der Waals surface area contributed by atoms with Crippen LogP contribution < -0.4 is 5.32 Å². The summed E-state index contributed by atoms with van der Waals surface area (Å²) in [6.07, 6.45) is 8.63. The van der Waals surface area contributed by atoms with Crippen LogP contribution in [0.25, 0.3) is 10.9 Å². The van der Waals surface area contributed by atoms with Crippen molar-refractivity contribution in [2.75, 3.05) is 25.1 Å². The van der Waals surface area contributed by atoms with Crippen LogP contribution in [0.2, 0.25) is 5.02 Å². The largest absolute Gasteiger partial charge is 0.378 e. The fourth-order valence-corrected chi connectivity index (χ4v) is 6.31. The van der Waals surface area contributed by atoms with Crippen LogP contribution in [0.3, 0.4) is 0 Å². The minimum atomic E-state index is 0.513. The van der Waals surface area contributed by atoms with E-state index in [0.717, 1.165) is 40.5 Å². The number of nitrogens with one attached hydrogen (secondary N) is 1. The van der Waals surface area contributed by atoms with E-state index in [1.807, 2.05) is 18.5 Å². The van der Waals surface area contributed by atoms with Gasteiger partial charge in [-0.05, 0) is 62.1 Å². The smallest absolute Gasteiger partial charge is 0.227 e. The second-order valence-corrected chi connectivity index (χ2v) is 10.4. The van der Waals surface area contributed by atoms with Crippen molar-refractivity contribution in [1.82, 2.24) is 24.6 Å². The van der Waals surface area contributed by atoms with Gasteiger partial charge >= 0.3 is 0 Å². The Balaban J connectivity index is 1.16. The van der Waals surface area contributed by atoms with E-state index in [-0.39, 0.29) is 0 Å². The van der Waals surface area contributed by atoms with Gasteiger partial charge in [0, 0.05) is 29.2 Å². The Morgan fingerprint density at radius 3 is 2.69 bits per heavy atom. The Bertz CT molecular complexity index is 1200. The Morgan fingerprint density at radius 1 is 1.09 bits per heavy atom. The van der Waals surface area contributed by atoms with Crippen molar-refractivity contribution in [3.05, 3.63) is 40.8 Å². The first-order chi connectivity index (χ1) is 15.6. The molecule has 2 aliphatic heterocycles. The van der Waals surface area contributed by atoms with Gasteiger partial charge < -0.3 is 10.1 Å². The van der Waals surface area contributed by atoms with E-state index in [4.69, 9.17) is 21.3 Å². The minimum Gasteiger partial charge on any atom is -0.378 e. The minimum absolute atomic E-state index is 0.513. The molecule has 0 amide bonds. The summed E-state index contributed by atoms with van der Waals surface area (Å²) in [5.41, 5.74) is 4.30. The highest BCUT2D eigenvalue weighted by atomic mass is 35.5. The number of piperidine rings is 1. The van der Waals surface area contributed by atoms with Gasteiger partial charge in [-0.1, -0.05) is 11.6 Å². The molecule has 2 saturated heterocycles. The summed E-state index contributed by atoms with van der Waals surface area (Å²) in [5, 5.41) is 9.73. The van der Waals surface area contributed by atoms with Gasteiger partial charge in [0.1, 0.15) is 0 Å². The van der Waals surface area contributed by atoms with E-state index in [9.17, 15) is 0 Å². The number of likely N-dealkylation sites (tertiary alicyclic amines) is 1. The van der Waals surface area contributed by atoms with Crippen LogP contribution in [0.5, 0.6) is 0 Å². The summed E-state index contributed by atoms with van der Waals surface area (Å²) >= 11 is 6.77. The molecule has 2 unspecified atom stereocenters. The zero-order valence-electron chi connectivity index (χ0n) is 18.2. The second kappa shape index (κ2) is 7.14. The highest BCUT2D eigenvalue weighted by molar-refractivity contribution is 6.32. The molecule has 2 bridgehead atoms. The predicted octanol–water partition coefficient (Wildman–Crippen LogP) is 4.44. The SMILES string of the molecule is Cc1c(Nc2ncc3cc(Cl)c(C4C[C@H]5CC4CN5C4COC4)cc3n2)cnn1C1CC1. The number of nitrogens with zero attached hydrogens (tertiary/aromatic N) is 5. The number of anilines is 2. The lowest BCUT2D eigenvalue weighted by Crippen LogP contribution is -2.52. The predicted molar refractivity (Wildman–Crippen MR) is 124 cm³/mol. The van der Waals surface area contributed by atoms with Gasteiger partial charge in [0.05, 0.1) is 48.4 Å². The quantitative estimate of drug-likeness (QED) is 0.619. The van der Waals surface area contributed by atoms with Crippen molar-refractivity contribution in [2.45, 2.75) is 56.7 Å². The lowest BCUT2D eigenvalue weighted by atomic mass is 9.86. The first-order valence-electron chi connectivity index (χ1n) is 11.7. The van der Waals surface area contributed by atoms with Gasteiger partial charge in [0.2, 0.25) is 5.95 Å². The van der Waals surface area contributed by atoms with E-state index < -0.39 is 0 Å². The Kier molecular flexibility index (Phi) is 4.30. The number of rotatable bonds is 5. The maximum absolute atomic E-state index is 6.77. The molecule has 0 spiro atoms. The summed E-state index contributed by atoms with van der Waals surface area (Å²) in [7, 11) is 0. The van der Waals surface area contributed by atoms with E-state index in [1.54, 1.807) is 0 Å². The fraction of sp³-hybridized carbons (Fsp3) is 0.542. The molecule has 1 N–H and O–H groups in total. The fourth-order valence-electron chi connectivity index (χ4n) is 6.00. The van der Waals surface area contributed by atoms with Crippen molar-refractivity contribution < 1.29 is 4.74 Å². The van der Waals surface area contributed by atoms with E-state index in [2.05, 4.69) is 38.0 Å². The molecule has 2 aromatic heterocycles. The van der Waals surface area contributed by atoms with Crippen LogP contribution in [0.4, 0.5) is 11.6 Å².